The Balaban J connectivity index is 2.06. The van der Waals surface area contributed by atoms with Gasteiger partial charge in [-0.25, -0.2) is 0 Å². The van der Waals surface area contributed by atoms with Gasteiger partial charge < -0.3 is 4.90 Å². The highest BCUT2D eigenvalue weighted by Gasteiger charge is 2.33. The molecule has 3 heteroatoms. The molecule has 1 aromatic rings. The largest absolute Gasteiger partial charge is 0.338 e. The van der Waals surface area contributed by atoms with E-state index in [2.05, 4.69) is 41.9 Å². The number of rotatable bonds is 5. The Labute approximate surface area is 117 Å². The molecule has 1 amide bonds. The highest BCUT2D eigenvalue weighted by molar-refractivity contribution is 9.10. The summed E-state index contributed by atoms with van der Waals surface area (Å²) in [6, 6.07) is 8.21. The number of halogens is 1. The van der Waals surface area contributed by atoms with Crippen LogP contribution in [0.4, 0.5) is 0 Å². The van der Waals surface area contributed by atoms with Crippen molar-refractivity contribution >= 4 is 21.8 Å². The van der Waals surface area contributed by atoms with Gasteiger partial charge >= 0.3 is 0 Å². The van der Waals surface area contributed by atoms with Gasteiger partial charge in [0.05, 0.1) is 0 Å². The van der Waals surface area contributed by atoms with Crippen LogP contribution in [0.3, 0.4) is 0 Å². The second-order valence-electron chi connectivity index (χ2n) is 5.52. The van der Waals surface area contributed by atoms with Gasteiger partial charge in [-0.15, -0.1) is 0 Å². The highest BCUT2D eigenvalue weighted by atomic mass is 79.9. The van der Waals surface area contributed by atoms with Crippen molar-refractivity contribution in [2.24, 2.45) is 11.8 Å². The summed E-state index contributed by atoms with van der Waals surface area (Å²) >= 11 is 3.48. The normalized spacial score (nSPS) is 14.9. The van der Waals surface area contributed by atoms with E-state index in [1.807, 2.05) is 17.0 Å². The molecular weight excluding hydrogens is 290 g/mol. The number of hydrogen-bond donors (Lipinski definition) is 0. The molecule has 0 radical (unpaired) electrons. The topological polar surface area (TPSA) is 20.3 Å². The van der Waals surface area contributed by atoms with E-state index in [4.69, 9.17) is 0 Å². The zero-order chi connectivity index (χ0) is 13.1. The maximum absolute atomic E-state index is 12.2. The fourth-order valence-corrected chi connectivity index (χ4v) is 2.56. The minimum absolute atomic E-state index is 0.302. The maximum atomic E-state index is 12.2. The summed E-state index contributed by atoms with van der Waals surface area (Å²) in [7, 11) is 0. The molecule has 18 heavy (non-hydrogen) atoms. The first kappa shape index (κ1) is 13.6. The number of carbonyl (C=O) groups excluding carboxylic acids is 1. The third-order valence-electron chi connectivity index (χ3n) is 3.09. The molecule has 0 heterocycles. The standard InChI is InChI=1S/C15H20BrNO/c1-11(2)9-17(15(18)13-6-7-13)10-12-4-3-5-14(16)8-12/h3-5,8,11,13H,6-7,9-10H2,1-2H3. The van der Waals surface area contributed by atoms with Crippen molar-refractivity contribution in [3.63, 3.8) is 0 Å². The molecule has 1 aromatic carbocycles. The Bertz CT molecular complexity index is 426. The van der Waals surface area contributed by atoms with Crippen LogP contribution in [0.2, 0.25) is 0 Å². The van der Waals surface area contributed by atoms with Crippen LogP contribution in [0.1, 0.15) is 32.3 Å². The van der Waals surface area contributed by atoms with Crippen molar-refractivity contribution in [1.82, 2.24) is 4.90 Å². The van der Waals surface area contributed by atoms with Crippen LogP contribution in [0.5, 0.6) is 0 Å². The molecule has 0 N–H and O–H groups in total. The van der Waals surface area contributed by atoms with Gasteiger partial charge in [-0.2, -0.15) is 0 Å². The SMILES string of the molecule is CC(C)CN(Cc1cccc(Br)c1)C(=O)C1CC1. The van der Waals surface area contributed by atoms with E-state index >= 15 is 0 Å². The predicted octanol–water partition coefficient (Wildman–Crippen LogP) is 3.84. The molecule has 1 saturated carbocycles. The van der Waals surface area contributed by atoms with E-state index < -0.39 is 0 Å². The summed E-state index contributed by atoms with van der Waals surface area (Å²) in [5.41, 5.74) is 1.19. The van der Waals surface area contributed by atoms with E-state index in [-0.39, 0.29) is 0 Å². The van der Waals surface area contributed by atoms with Crippen LogP contribution in [0.15, 0.2) is 28.7 Å². The quantitative estimate of drug-likeness (QED) is 0.809. The number of nitrogens with zero attached hydrogens (tertiary/aromatic N) is 1. The second kappa shape index (κ2) is 5.87. The molecule has 0 bridgehead atoms. The van der Waals surface area contributed by atoms with Gasteiger partial charge in [0.25, 0.3) is 0 Å². The van der Waals surface area contributed by atoms with Crippen LogP contribution >= 0.6 is 15.9 Å². The fraction of sp³-hybridized carbons (Fsp3) is 0.533. The second-order valence-corrected chi connectivity index (χ2v) is 6.43. The van der Waals surface area contributed by atoms with Gasteiger partial charge in [-0.3, -0.25) is 4.79 Å². The van der Waals surface area contributed by atoms with Crippen molar-refractivity contribution in [1.29, 1.82) is 0 Å². The number of carbonyl (C=O) groups is 1. The molecule has 98 valence electrons. The lowest BCUT2D eigenvalue weighted by molar-refractivity contribution is -0.133. The molecule has 2 nitrogen and oxygen atoms in total. The monoisotopic (exact) mass is 309 g/mol. The van der Waals surface area contributed by atoms with Gasteiger partial charge in [0.15, 0.2) is 0 Å². The molecule has 1 aliphatic carbocycles. The predicted molar refractivity (Wildman–Crippen MR) is 77.1 cm³/mol. The van der Waals surface area contributed by atoms with E-state index in [1.54, 1.807) is 0 Å². The van der Waals surface area contributed by atoms with Crippen molar-refractivity contribution in [2.45, 2.75) is 33.2 Å². The van der Waals surface area contributed by atoms with Crippen molar-refractivity contribution < 1.29 is 4.79 Å². The van der Waals surface area contributed by atoms with Crippen molar-refractivity contribution in [3.05, 3.63) is 34.3 Å². The molecule has 0 aliphatic heterocycles. The minimum Gasteiger partial charge on any atom is -0.338 e. The van der Waals surface area contributed by atoms with Crippen LogP contribution in [0.25, 0.3) is 0 Å². The number of hydrogen-bond acceptors (Lipinski definition) is 1. The van der Waals surface area contributed by atoms with Gasteiger partial charge in [0.2, 0.25) is 5.91 Å². The first-order chi connectivity index (χ1) is 8.56. The first-order valence-electron chi connectivity index (χ1n) is 6.59. The molecule has 0 spiro atoms. The zero-order valence-corrected chi connectivity index (χ0v) is 12.6. The summed E-state index contributed by atoms with van der Waals surface area (Å²) < 4.78 is 1.07. The summed E-state index contributed by atoms with van der Waals surface area (Å²) in [6.07, 6.45) is 2.15. The Hall–Kier alpha value is -0.830. The third kappa shape index (κ3) is 3.84. The molecule has 0 saturated heterocycles. The first-order valence-corrected chi connectivity index (χ1v) is 7.39. The van der Waals surface area contributed by atoms with Gasteiger partial charge in [-0.05, 0) is 36.5 Å². The zero-order valence-electron chi connectivity index (χ0n) is 11.0. The minimum atomic E-state index is 0.302. The van der Waals surface area contributed by atoms with E-state index in [0.717, 1.165) is 30.4 Å². The Morgan fingerprint density at radius 2 is 2.17 bits per heavy atom. The molecule has 1 aliphatic rings. The van der Waals surface area contributed by atoms with E-state index in [0.29, 0.717) is 17.7 Å². The van der Waals surface area contributed by atoms with E-state index in [1.165, 1.54) is 5.56 Å². The molecular formula is C15H20BrNO. The van der Waals surface area contributed by atoms with Crippen LogP contribution < -0.4 is 0 Å². The van der Waals surface area contributed by atoms with E-state index in [9.17, 15) is 4.79 Å². The molecule has 0 atom stereocenters. The number of amides is 1. The molecule has 2 rings (SSSR count). The summed E-state index contributed by atoms with van der Waals surface area (Å²) in [5, 5.41) is 0. The average molecular weight is 310 g/mol. The van der Waals surface area contributed by atoms with Gasteiger partial charge in [0, 0.05) is 23.5 Å². The number of benzene rings is 1. The Morgan fingerprint density at radius 3 is 2.72 bits per heavy atom. The van der Waals surface area contributed by atoms with Gasteiger partial charge in [0.1, 0.15) is 0 Å². The summed E-state index contributed by atoms with van der Waals surface area (Å²) in [6.45, 7) is 5.90. The highest BCUT2D eigenvalue weighted by Crippen LogP contribution is 2.31. The molecule has 0 unspecified atom stereocenters. The van der Waals surface area contributed by atoms with Crippen LogP contribution in [0, 0.1) is 11.8 Å². The fourth-order valence-electron chi connectivity index (χ4n) is 2.12. The van der Waals surface area contributed by atoms with Crippen molar-refractivity contribution in [3.8, 4) is 0 Å². The summed E-state index contributed by atoms with van der Waals surface area (Å²) in [5.74, 6) is 1.15. The smallest absolute Gasteiger partial charge is 0.225 e. The lowest BCUT2D eigenvalue weighted by Gasteiger charge is -2.25. The summed E-state index contributed by atoms with van der Waals surface area (Å²) in [4.78, 5) is 14.3. The molecule has 0 aromatic heterocycles. The lowest BCUT2D eigenvalue weighted by atomic mass is 10.1. The van der Waals surface area contributed by atoms with Crippen LogP contribution in [-0.4, -0.2) is 17.4 Å². The lowest BCUT2D eigenvalue weighted by Crippen LogP contribution is -2.34. The Morgan fingerprint density at radius 1 is 1.44 bits per heavy atom. The average Bonchev–Trinajstić information content (AvgIpc) is 3.10. The van der Waals surface area contributed by atoms with Crippen molar-refractivity contribution in [2.75, 3.05) is 6.54 Å². The van der Waals surface area contributed by atoms with Gasteiger partial charge in [-0.1, -0.05) is 41.9 Å². The Kier molecular flexibility index (Phi) is 4.44. The maximum Gasteiger partial charge on any atom is 0.225 e. The molecule has 1 fully saturated rings. The third-order valence-corrected chi connectivity index (χ3v) is 3.58. The van der Waals surface area contributed by atoms with Crippen LogP contribution in [-0.2, 0) is 11.3 Å².